The van der Waals surface area contributed by atoms with Crippen LogP contribution in [-0.2, 0) is 9.16 Å². The van der Waals surface area contributed by atoms with E-state index in [4.69, 9.17) is 20.8 Å². The van der Waals surface area contributed by atoms with Gasteiger partial charge in [-0.05, 0) is 42.6 Å². The summed E-state index contributed by atoms with van der Waals surface area (Å²) in [4.78, 5) is 40.7. The van der Waals surface area contributed by atoms with Crippen molar-refractivity contribution >= 4 is 48.0 Å². The van der Waals surface area contributed by atoms with E-state index in [-0.39, 0.29) is 31.3 Å². The molecule has 3 aromatic rings. The third-order valence-corrected chi connectivity index (χ3v) is 13.4. The van der Waals surface area contributed by atoms with E-state index in [1.807, 2.05) is 36.4 Å². The Hall–Kier alpha value is -3.80. The normalized spacial score (nSPS) is 15.9. The number of carbonyl (C=O) groups excluding carboxylic acids is 2. The maximum atomic E-state index is 15.1. The van der Waals surface area contributed by atoms with Gasteiger partial charge < -0.3 is 19.0 Å². The zero-order valence-electron chi connectivity index (χ0n) is 27.1. The summed E-state index contributed by atoms with van der Waals surface area (Å²) in [6.45, 7) is 12.4. The lowest BCUT2D eigenvalue weighted by atomic mass is 10.1. The van der Waals surface area contributed by atoms with E-state index in [1.165, 1.54) is 9.80 Å². The Morgan fingerprint density at radius 1 is 0.978 bits per heavy atom. The highest BCUT2D eigenvalue weighted by atomic mass is 35.5. The van der Waals surface area contributed by atoms with E-state index in [9.17, 15) is 19.7 Å². The van der Waals surface area contributed by atoms with Crippen LogP contribution in [0, 0.1) is 15.9 Å². The van der Waals surface area contributed by atoms with Crippen molar-refractivity contribution < 1.29 is 28.1 Å². The molecule has 4 rings (SSSR count). The minimum atomic E-state index is -2.91. The molecular formula is C34H41ClFN3O6Si. The number of piperazine rings is 1. The fourth-order valence-corrected chi connectivity index (χ4v) is 10.8. The molecule has 2 amide bonds. The lowest BCUT2D eigenvalue weighted by molar-refractivity contribution is -0.384. The number of nitrogens with zero attached hydrogens (tertiary/aromatic N) is 3. The Balaban J connectivity index is 1.69. The van der Waals surface area contributed by atoms with Crippen LogP contribution in [-0.4, -0.2) is 72.9 Å². The molecule has 0 unspecified atom stereocenters. The van der Waals surface area contributed by atoms with Gasteiger partial charge in [-0.25, -0.2) is 9.18 Å². The first kappa shape index (κ1) is 35.1. The molecule has 12 heteroatoms. The van der Waals surface area contributed by atoms with Crippen molar-refractivity contribution in [2.24, 2.45) is 0 Å². The molecule has 0 saturated carbocycles. The predicted molar refractivity (Wildman–Crippen MR) is 179 cm³/mol. The molecule has 0 radical (unpaired) electrons. The SMILES string of the molecule is CC(C)(C)OC(=O)N1CCN(C(=O)c2cc([N+](=O)[O-])c(Cl)cc2F)[C@@H](CCO[Si](c2ccccc2)(c2ccccc2)C(C)(C)C)C1. The highest BCUT2D eigenvalue weighted by Crippen LogP contribution is 2.37. The van der Waals surface area contributed by atoms with Crippen LogP contribution < -0.4 is 10.4 Å². The van der Waals surface area contributed by atoms with Gasteiger partial charge in [0.15, 0.2) is 0 Å². The number of nitro groups is 1. The van der Waals surface area contributed by atoms with E-state index in [0.717, 1.165) is 22.5 Å². The maximum absolute atomic E-state index is 15.1. The van der Waals surface area contributed by atoms with Crippen LogP contribution in [0.25, 0.3) is 0 Å². The van der Waals surface area contributed by atoms with E-state index >= 15 is 4.39 Å². The van der Waals surface area contributed by atoms with Crippen molar-refractivity contribution in [2.75, 3.05) is 26.2 Å². The van der Waals surface area contributed by atoms with Crippen LogP contribution in [0.5, 0.6) is 0 Å². The quantitative estimate of drug-likeness (QED) is 0.156. The summed E-state index contributed by atoms with van der Waals surface area (Å²) in [5.41, 5.74) is -1.75. The fourth-order valence-electron chi connectivity index (χ4n) is 5.97. The second-order valence-electron chi connectivity index (χ2n) is 13.4. The average Bonchev–Trinajstić information content (AvgIpc) is 2.98. The lowest BCUT2D eigenvalue weighted by Crippen LogP contribution is -2.67. The molecule has 9 nitrogen and oxygen atoms in total. The smallest absolute Gasteiger partial charge is 0.410 e. The first-order valence-electron chi connectivity index (χ1n) is 15.2. The number of hydrogen-bond donors (Lipinski definition) is 0. The highest BCUT2D eigenvalue weighted by molar-refractivity contribution is 6.99. The number of benzene rings is 3. The molecule has 46 heavy (non-hydrogen) atoms. The van der Waals surface area contributed by atoms with Gasteiger partial charge in [-0.15, -0.1) is 0 Å². The molecule has 1 aliphatic rings. The first-order valence-corrected chi connectivity index (χ1v) is 17.5. The number of nitro benzene ring substituents is 1. The van der Waals surface area contributed by atoms with E-state index in [1.54, 1.807) is 20.8 Å². The van der Waals surface area contributed by atoms with Crippen LogP contribution in [0.3, 0.4) is 0 Å². The van der Waals surface area contributed by atoms with E-state index < -0.39 is 59.0 Å². The zero-order chi connectivity index (χ0) is 33.9. The van der Waals surface area contributed by atoms with Gasteiger partial charge in [-0.1, -0.05) is 93.0 Å². The summed E-state index contributed by atoms with van der Waals surface area (Å²) >= 11 is 5.89. The minimum Gasteiger partial charge on any atom is -0.444 e. The Kier molecular flexibility index (Phi) is 10.6. The van der Waals surface area contributed by atoms with Crippen molar-refractivity contribution in [2.45, 2.75) is 64.6 Å². The second kappa shape index (κ2) is 13.9. The number of hydrogen-bond acceptors (Lipinski definition) is 6. The third-order valence-electron chi connectivity index (χ3n) is 8.05. The molecule has 1 saturated heterocycles. The molecule has 246 valence electrons. The zero-order valence-corrected chi connectivity index (χ0v) is 28.8. The van der Waals surface area contributed by atoms with Gasteiger partial charge >= 0.3 is 6.09 Å². The van der Waals surface area contributed by atoms with Crippen LogP contribution in [0.4, 0.5) is 14.9 Å². The van der Waals surface area contributed by atoms with Gasteiger partial charge in [0.1, 0.15) is 16.4 Å². The summed E-state index contributed by atoms with van der Waals surface area (Å²) in [6.07, 6.45) is -0.210. The summed E-state index contributed by atoms with van der Waals surface area (Å²) in [5, 5.41) is 13.0. The molecule has 1 atom stereocenters. The molecule has 0 N–H and O–H groups in total. The minimum absolute atomic E-state index is 0.0673. The predicted octanol–water partition coefficient (Wildman–Crippen LogP) is 6.42. The number of rotatable bonds is 8. The Labute approximate surface area is 275 Å². The molecule has 1 aliphatic heterocycles. The largest absolute Gasteiger partial charge is 0.444 e. The molecular weight excluding hydrogens is 629 g/mol. The van der Waals surface area contributed by atoms with Gasteiger partial charge in [0.05, 0.1) is 16.5 Å². The Morgan fingerprint density at radius 2 is 1.54 bits per heavy atom. The van der Waals surface area contributed by atoms with Crippen LogP contribution in [0.15, 0.2) is 72.8 Å². The van der Waals surface area contributed by atoms with Crippen molar-refractivity contribution in [3.63, 3.8) is 0 Å². The molecule has 1 fully saturated rings. The van der Waals surface area contributed by atoms with Crippen molar-refractivity contribution in [3.8, 4) is 0 Å². The highest BCUT2D eigenvalue weighted by Gasteiger charge is 2.50. The second-order valence-corrected chi connectivity index (χ2v) is 18.1. The fraction of sp³-hybridized carbons (Fsp3) is 0.412. The van der Waals surface area contributed by atoms with E-state index in [0.29, 0.717) is 6.42 Å². The Bertz CT molecular complexity index is 1520. The molecule has 3 aromatic carbocycles. The maximum Gasteiger partial charge on any atom is 0.410 e. The summed E-state index contributed by atoms with van der Waals surface area (Å²) in [6, 6.07) is 21.3. The molecule has 0 bridgehead atoms. The van der Waals surface area contributed by atoms with Gasteiger partial charge in [0, 0.05) is 38.4 Å². The number of halogens is 2. The molecule has 0 aromatic heterocycles. The van der Waals surface area contributed by atoms with Gasteiger partial charge in [-0.3, -0.25) is 14.9 Å². The summed E-state index contributed by atoms with van der Waals surface area (Å²) in [5.74, 6) is -1.69. The first-order chi connectivity index (χ1) is 21.5. The van der Waals surface area contributed by atoms with Crippen molar-refractivity contribution in [1.29, 1.82) is 0 Å². The van der Waals surface area contributed by atoms with Gasteiger partial charge in [0.2, 0.25) is 0 Å². The van der Waals surface area contributed by atoms with Crippen LogP contribution in [0.2, 0.25) is 10.1 Å². The monoisotopic (exact) mass is 669 g/mol. The average molecular weight is 670 g/mol. The number of amides is 2. The van der Waals surface area contributed by atoms with Crippen molar-refractivity contribution in [1.82, 2.24) is 9.80 Å². The topological polar surface area (TPSA) is 102 Å². The van der Waals surface area contributed by atoms with Crippen LogP contribution in [0.1, 0.15) is 58.3 Å². The summed E-state index contributed by atoms with van der Waals surface area (Å²) in [7, 11) is -2.91. The standard InChI is InChI=1S/C34H41ClFN3O6Si/c1-33(2,3)45-32(41)37-18-19-38(31(40)27-21-30(39(42)43)28(35)22-29(27)36)24(23-37)17-20-44-46(34(4,5)6,25-13-9-7-10-14-25)26-15-11-8-12-16-26/h7-16,21-22,24H,17-20,23H2,1-6H3/t24-/m0/s1. The molecule has 0 spiro atoms. The van der Waals surface area contributed by atoms with Gasteiger partial charge in [0.25, 0.3) is 19.9 Å². The number of ether oxygens (including phenoxy) is 1. The summed E-state index contributed by atoms with van der Waals surface area (Å²) < 4.78 is 27.7. The number of carbonyl (C=O) groups is 2. The lowest BCUT2D eigenvalue weighted by Gasteiger charge is -2.45. The molecule has 0 aliphatic carbocycles. The van der Waals surface area contributed by atoms with Crippen LogP contribution >= 0.6 is 11.6 Å². The third kappa shape index (κ3) is 7.59. The van der Waals surface area contributed by atoms with Gasteiger partial charge in [-0.2, -0.15) is 0 Å². The molecule has 1 heterocycles. The Morgan fingerprint density at radius 3 is 2.04 bits per heavy atom. The van der Waals surface area contributed by atoms with E-state index in [2.05, 4.69) is 45.0 Å². The van der Waals surface area contributed by atoms with Crippen molar-refractivity contribution in [3.05, 3.63) is 99.3 Å².